The predicted octanol–water partition coefficient (Wildman–Crippen LogP) is 1.64. The summed E-state index contributed by atoms with van der Waals surface area (Å²) in [5.74, 6) is 0.189. The highest BCUT2D eigenvalue weighted by Crippen LogP contribution is 2.05. The number of nitrogens with zero attached hydrogens (tertiary/aromatic N) is 1. The van der Waals surface area contributed by atoms with Gasteiger partial charge >= 0.3 is 6.03 Å². The smallest absolute Gasteiger partial charge is 0.314 e. The van der Waals surface area contributed by atoms with E-state index in [1.165, 1.54) is 0 Å². The maximum absolute atomic E-state index is 11.6. The van der Waals surface area contributed by atoms with Crippen molar-refractivity contribution < 1.29 is 9.90 Å². The van der Waals surface area contributed by atoms with Gasteiger partial charge in [0, 0.05) is 25.0 Å². The normalized spacial score (nSPS) is 13.6. The molecule has 5 nitrogen and oxygen atoms in total. The third-order valence-electron chi connectivity index (χ3n) is 3.44. The minimum absolute atomic E-state index is 0.189. The molecule has 0 aliphatic carbocycles. The lowest BCUT2D eigenvalue weighted by Crippen LogP contribution is -2.42. The third-order valence-corrected chi connectivity index (χ3v) is 3.44. The largest absolute Gasteiger partial charge is 0.391 e. The zero-order valence-corrected chi connectivity index (χ0v) is 12.5. The SMILES string of the molecule is CCC(C)C(O)CNC(=O)NCCc1ccc(C)nc1. The molecule has 2 amide bonds. The van der Waals surface area contributed by atoms with Crippen molar-refractivity contribution in [1.29, 1.82) is 0 Å². The Labute approximate surface area is 120 Å². The number of hydrogen-bond acceptors (Lipinski definition) is 3. The van der Waals surface area contributed by atoms with E-state index >= 15 is 0 Å². The average molecular weight is 279 g/mol. The first-order valence-electron chi connectivity index (χ1n) is 7.14. The maximum Gasteiger partial charge on any atom is 0.314 e. The molecule has 0 aromatic carbocycles. The highest BCUT2D eigenvalue weighted by Gasteiger charge is 2.12. The van der Waals surface area contributed by atoms with Crippen molar-refractivity contribution in [1.82, 2.24) is 15.6 Å². The molecule has 0 aliphatic rings. The minimum atomic E-state index is -0.493. The number of rotatable bonds is 7. The summed E-state index contributed by atoms with van der Waals surface area (Å²) in [6.07, 6.45) is 2.97. The van der Waals surface area contributed by atoms with E-state index in [1.807, 2.05) is 39.1 Å². The third kappa shape index (κ3) is 6.02. The summed E-state index contributed by atoms with van der Waals surface area (Å²) >= 11 is 0. The summed E-state index contributed by atoms with van der Waals surface area (Å²) < 4.78 is 0. The number of pyridine rings is 1. The Bertz CT molecular complexity index is 406. The van der Waals surface area contributed by atoms with E-state index in [0.717, 1.165) is 24.1 Å². The standard InChI is InChI=1S/C15H25N3O2/c1-4-11(2)14(19)10-18-15(20)16-8-7-13-6-5-12(3)17-9-13/h5-6,9,11,14,19H,4,7-8,10H2,1-3H3,(H2,16,18,20). The predicted molar refractivity (Wildman–Crippen MR) is 79.5 cm³/mol. The van der Waals surface area contributed by atoms with Gasteiger partial charge in [0.1, 0.15) is 0 Å². The van der Waals surface area contributed by atoms with Crippen molar-refractivity contribution >= 4 is 6.03 Å². The van der Waals surface area contributed by atoms with Crippen LogP contribution >= 0.6 is 0 Å². The van der Waals surface area contributed by atoms with Gasteiger partial charge in [-0.25, -0.2) is 4.79 Å². The van der Waals surface area contributed by atoms with Crippen LogP contribution in [0.3, 0.4) is 0 Å². The number of aryl methyl sites for hydroxylation is 1. The van der Waals surface area contributed by atoms with E-state index in [9.17, 15) is 9.90 Å². The number of carbonyl (C=O) groups excluding carboxylic acids is 1. The molecule has 1 aromatic rings. The van der Waals surface area contributed by atoms with Crippen molar-refractivity contribution in [3.8, 4) is 0 Å². The van der Waals surface area contributed by atoms with Gasteiger partial charge in [-0.1, -0.05) is 26.3 Å². The quantitative estimate of drug-likeness (QED) is 0.710. The fourth-order valence-electron chi connectivity index (χ4n) is 1.70. The first kappa shape index (κ1) is 16.4. The topological polar surface area (TPSA) is 74.2 Å². The van der Waals surface area contributed by atoms with Gasteiger partial charge in [-0.15, -0.1) is 0 Å². The number of aliphatic hydroxyl groups is 1. The van der Waals surface area contributed by atoms with E-state index in [0.29, 0.717) is 6.54 Å². The molecule has 1 heterocycles. The number of carbonyl (C=O) groups is 1. The minimum Gasteiger partial charge on any atom is -0.391 e. The van der Waals surface area contributed by atoms with E-state index < -0.39 is 6.10 Å². The van der Waals surface area contributed by atoms with Gasteiger partial charge < -0.3 is 15.7 Å². The Balaban J connectivity index is 2.18. The van der Waals surface area contributed by atoms with Crippen LogP contribution in [0.1, 0.15) is 31.5 Å². The molecule has 5 heteroatoms. The van der Waals surface area contributed by atoms with Crippen LogP contribution in [0.25, 0.3) is 0 Å². The summed E-state index contributed by atoms with van der Waals surface area (Å²) in [6, 6.07) is 3.72. The Morgan fingerprint density at radius 3 is 2.75 bits per heavy atom. The van der Waals surface area contributed by atoms with Gasteiger partial charge in [0.2, 0.25) is 0 Å². The Kier molecular flexibility index (Phi) is 7.01. The van der Waals surface area contributed by atoms with Crippen LogP contribution in [0, 0.1) is 12.8 Å². The molecule has 0 aliphatic heterocycles. The molecule has 0 saturated carbocycles. The van der Waals surface area contributed by atoms with Crippen molar-refractivity contribution in [3.05, 3.63) is 29.6 Å². The molecule has 2 atom stereocenters. The molecule has 20 heavy (non-hydrogen) atoms. The van der Waals surface area contributed by atoms with Crippen molar-refractivity contribution in [2.24, 2.45) is 5.92 Å². The number of urea groups is 1. The molecule has 1 aromatic heterocycles. The van der Waals surface area contributed by atoms with Crippen molar-refractivity contribution in [2.45, 2.75) is 39.7 Å². The molecule has 0 bridgehead atoms. The van der Waals surface area contributed by atoms with Gasteiger partial charge in [0.05, 0.1) is 6.10 Å². The zero-order valence-electron chi connectivity index (χ0n) is 12.5. The first-order valence-corrected chi connectivity index (χ1v) is 7.14. The molecule has 2 unspecified atom stereocenters. The number of aliphatic hydroxyl groups excluding tert-OH is 1. The van der Waals surface area contributed by atoms with Crippen LogP contribution in [0.4, 0.5) is 4.79 Å². The number of amides is 2. The lowest BCUT2D eigenvalue weighted by Gasteiger charge is -2.17. The first-order chi connectivity index (χ1) is 9.52. The molecule has 0 fully saturated rings. The maximum atomic E-state index is 11.6. The lowest BCUT2D eigenvalue weighted by atomic mass is 10.0. The Hall–Kier alpha value is -1.62. The summed E-state index contributed by atoms with van der Waals surface area (Å²) in [5, 5.41) is 15.2. The highest BCUT2D eigenvalue weighted by molar-refractivity contribution is 5.73. The number of aromatic nitrogens is 1. The Morgan fingerprint density at radius 1 is 1.40 bits per heavy atom. The molecule has 0 radical (unpaired) electrons. The van der Waals surface area contributed by atoms with Gasteiger partial charge in [0.15, 0.2) is 0 Å². The van der Waals surface area contributed by atoms with Gasteiger partial charge in [0.25, 0.3) is 0 Å². The van der Waals surface area contributed by atoms with E-state index in [-0.39, 0.29) is 18.5 Å². The Morgan fingerprint density at radius 2 is 2.15 bits per heavy atom. The van der Waals surface area contributed by atoms with Crippen LogP contribution in [0.15, 0.2) is 18.3 Å². The second kappa shape index (κ2) is 8.53. The van der Waals surface area contributed by atoms with E-state index in [4.69, 9.17) is 0 Å². The zero-order chi connectivity index (χ0) is 15.0. The fourth-order valence-corrected chi connectivity index (χ4v) is 1.70. The van der Waals surface area contributed by atoms with E-state index in [2.05, 4.69) is 15.6 Å². The summed E-state index contributed by atoms with van der Waals surface area (Å²) in [5.41, 5.74) is 2.08. The van der Waals surface area contributed by atoms with Gasteiger partial charge in [-0.3, -0.25) is 4.98 Å². The summed E-state index contributed by atoms with van der Waals surface area (Å²) in [4.78, 5) is 15.8. The van der Waals surface area contributed by atoms with Crippen molar-refractivity contribution in [3.63, 3.8) is 0 Å². The van der Waals surface area contributed by atoms with Gasteiger partial charge in [-0.2, -0.15) is 0 Å². The molecule has 3 N–H and O–H groups in total. The number of hydrogen-bond donors (Lipinski definition) is 3. The highest BCUT2D eigenvalue weighted by atomic mass is 16.3. The molecule has 0 saturated heterocycles. The lowest BCUT2D eigenvalue weighted by molar-refractivity contribution is 0.114. The monoisotopic (exact) mass is 279 g/mol. The van der Waals surface area contributed by atoms with Crippen LogP contribution in [0.5, 0.6) is 0 Å². The average Bonchev–Trinajstić information content (AvgIpc) is 2.46. The summed E-state index contributed by atoms with van der Waals surface area (Å²) in [7, 11) is 0. The fraction of sp³-hybridized carbons (Fsp3) is 0.600. The molecular weight excluding hydrogens is 254 g/mol. The second-order valence-electron chi connectivity index (χ2n) is 5.15. The molecule has 112 valence electrons. The van der Waals surface area contributed by atoms with Crippen LogP contribution in [0.2, 0.25) is 0 Å². The number of nitrogens with one attached hydrogen (secondary N) is 2. The summed E-state index contributed by atoms with van der Waals surface area (Å²) in [6.45, 7) is 6.76. The van der Waals surface area contributed by atoms with Crippen LogP contribution in [-0.4, -0.2) is 35.3 Å². The van der Waals surface area contributed by atoms with E-state index in [1.54, 1.807) is 0 Å². The van der Waals surface area contributed by atoms with Crippen LogP contribution < -0.4 is 10.6 Å². The van der Waals surface area contributed by atoms with Gasteiger partial charge in [-0.05, 0) is 30.9 Å². The van der Waals surface area contributed by atoms with Crippen LogP contribution in [-0.2, 0) is 6.42 Å². The molecule has 1 rings (SSSR count). The molecular formula is C15H25N3O2. The van der Waals surface area contributed by atoms with Crippen molar-refractivity contribution in [2.75, 3.05) is 13.1 Å². The second-order valence-corrected chi connectivity index (χ2v) is 5.15. The molecule has 0 spiro atoms.